The topological polar surface area (TPSA) is 33.7 Å². The Morgan fingerprint density at radius 3 is 2.79 bits per heavy atom. The molecule has 2 aliphatic heterocycles. The van der Waals surface area contributed by atoms with E-state index in [0.29, 0.717) is 18.6 Å². The highest BCUT2D eigenvalue weighted by atomic mass is 16.6. The second-order valence-corrected chi connectivity index (χ2v) is 8.92. The first-order chi connectivity index (χ1) is 13.4. The molecule has 1 saturated heterocycles. The summed E-state index contributed by atoms with van der Waals surface area (Å²) in [7, 11) is 0. The van der Waals surface area contributed by atoms with E-state index in [1.807, 2.05) is 6.07 Å². The number of ether oxygens (including phenoxy) is 2. The van der Waals surface area contributed by atoms with Crippen LogP contribution in [0.4, 0.5) is 0 Å². The van der Waals surface area contributed by atoms with Crippen LogP contribution in [0.3, 0.4) is 0 Å². The van der Waals surface area contributed by atoms with E-state index in [-0.39, 0.29) is 5.60 Å². The summed E-state index contributed by atoms with van der Waals surface area (Å²) in [6.45, 7) is 13.2. The fraction of sp³-hybridized carbons (Fsp3) is 0.500. The number of rotatable bonds is 4. The molecule has 0 bridgehead atoms. The summed E-state index contributed by atoms with van der Waals surface area (Å²) in [6.07, 6.45) is 0. The van der Waals surface area contributed by atoms with E-state index in [4.69, 9.17) is 9.47 Å². The Bertz CT molecular complexity index is 831. The maximum Gasteiger partial charge on any atom is 0.165 e. The predicted molar refractivity (Wildman–Crippen MR) is 113 cm³/mol. The van der Waals surface area contributed by atoms with E-state index in [0.717, 1.165) is 37.7 Å². The summed E-state index contributed by atoms with van der Waals surface area (Å²) in [6, 6.07) is 15.5. The van der Waals surface area contributed by atoms with Gasteiger partial charge in [-0.3, -0.25) is 4.90 Å². The third kappa shape index (κ3) is 4.03. The van der Waals surface area contributed by atoms with Gasteiger partial charge in [0.1, 0.15) is 12.2 Å². The van der Waals surface area contributed by atoms with Gasteiger partial charge in [-0.25, -0.2) is 0 Å². The molecule has 4 rings (SSSR count). The molecule has 0 amide bonds. The van der Waals surface area contributed by atoms with Crippen LogP contribution in [0.1, 0.15) is 56.3 Å². The Kier molecular flexibility index (Phi) is 5.35. The molecule has 0 spiro atoms. The number of benzene rings is 2. The molecule has 1 atom stereocenters. The van der Waals surface area contributed by atoms with E-state index >= 15 is 0 Å². The highest BCUT2D eigenvalue weighted by Gasteiger charge is 2.30. The minimum absolute atomic E-state index is 0.272. The molecule has 4 heteroatoms. The van der Waals surface area contributed by atoms with Crippen LogP contribution in [0.25, 0.3) is 0 Å². The van der Waals surface area contributed by atoms with Crippen molar-refractivity contribution in [1.29, 1.82) is 0 Å². The molecule has 0 radical (unpaired) electrons. The molecule has 2 heterocycles. The van der Waals surface area contributed by atoms with Crippen LogP contribution < -0.4 is 14.8 Å². The van der Waals surface area contributed by atoms with Gasteiger partial charge < -0.3 is 14.8 Å². The van der Waals surface area contributed by atoms with Crippen LogP contribution in [0, 0.1) is 0 Å². The lowest BCUT2D eigenvalue weighted by atomic mass is 9.91. The molecule has 2 aromatic carbocycles. The zero-order valence-corrected chi connectivity index (χ0v) is 17.5. The number of para-hydroxylation sites is 1. The summed E-state index contributed by atoms with van der Waals surface area (Å²) in [5.41, 5.74) is 3.81. The number of hydrogen-bond donors (Lipinski definition) is 1. The third-order valence-corrected chi connectivity index (χ3v) is 5.66. The van der Waals surface area contributed by atoms with Gasteiger partial charge in [0.05, 0.1) is 0 Å². The first kappa shape index (κ1) is 19.3. The maximum atomic E-state index is 6.13. The summed E-state index contributed by atoms with van der Waals surface area (Å²) in [5, 5.41) is 3.72. The van der Waals surface area contributed by atoms with Crippen molar-refractivity contribution < 1.29 is 9.47 Å². The van der Waals surface area contributed by atoms with Gasteiger partial charge in [0.25, 0.3) is 0 Å². The highest BCUT2D eigenvalue weighted by Crippen LogP contribution is 2.38. The van der Waals surface area contributed by atoms with Crippen LogP contribution in [0.2, 0.25) is 0 Å². The number of fused-ring (bicyclic) bond motifs is 1. The summed E-state index contributed by atoms with van der Waals surface area (Å²) in [5.74, 6) is 2.31. The van der Waals surface area contributed by atoms with Crippen LogP contribution >= 0.6 is 0 Å². The van der Waals surface area contributed by atoms with Crippen LogP contribution in [-0.2, 0) is 6.54 Å². The summed E-state index contributed by atoms with van der Waals surface area (Å²) in [4.78, 5) is 2.52. The summed E-state index contributed by atoms with van der Waals surface area (Å²) >= 11 is 0. The van der Waals surface area contributed by atoms with E-state index in [1.165, 1.54) is 16.7 Å². The van der Waals surface area contributed by atoms with Gasteiger partial charge in [0.2, 0.25) is 0 Å². The van der Waals surface area contributed by atoms with Gasteiger partial charge in [-0.05, 0) is 37.0 Å². The van der Waals surface area contributed by atoms with Crippen molar-refractivity contribution in [2.75, 3.05) is 26.2 Å². The Balaban J connectivity index is 1.52. The average molecular weight is 381 g/mol. The number of nitrogens with zero attached hydrogens (tertiary/aromatic N) is 1. The van der Waals surface area contributed by atoms with Crippen molar-refractivity contribution in [3.8, 4) is 11.5 Å². The molecule has 28 heavy (non-hydrogen) atoms. The molecule has 0 aromatic heterocycles. The minimum atomic E-state index is -0.272. The lowest BCUT2D eigenvalue weighted by Crippen LogP contribution is -2.45. The van der Waals surface area contributed by atoms with Gasteiger partial charge in [0.15, 0.2) is 11.5 Å². The number of piperazine rings is 1. The lowest BCUT2D eigenvalue weighted by Gasteiger charge is -2.37. The van der Waals surface area contributed by atoms with E-state index in [9.17, 15) is 0 Å². The lowest BCUT2D eigenvalue weighted by molar-refractivity contribution is 0.0199. The van der Waals surface area contributed by atoms with Crippen molar-refractivity contribution in [2.24, 2.45) is 0 Å². The second kappa shape index (κ2) is 7.76. The van der Waals surface area contributed by atoms with Crippen LogP contribution in [0.5, 0.6) is 11.5 Å². The van der Waals surface area contributed by atoms with Gasteiger partial charge >= 0.3 is 0 Å². The van der Waals surface area contributed by atoms with Crippen molar-refractivity contribution in [3.63, 3.8) is 0 Å². The molecular formula is C24H32N2O2. The van der Waals surface area contributed by atoms with E-state index in [1.54, 1.807) is 0 Å². The molecule has 1 unspecified atom stereocenters. The SMILES string of the molecule is CC(C)c1ccccc1C1CN(Cc2cccc3c2OCC(C)(C)O3)CCN1. The smallest absolute Gasteiger partial charge is 0.165 e. The molecule has 150 valence electrons. The molecule has 4 nitrogen and oxygen atoms in total. The fourth-order valence-corrected chi connectivity index (χ4v) is 4.26. The average Bonchev–Trinajstić information content (AvgIpc) is 2.67. The molecule has 2 aromatic rings. The van der Waals surface area contributed by atoms with Gasteiger partial charge in [-0.2, -0.15) is 0 Å². The monoisotopic (exact) mass is 380 g/mol. The number of hydrogen-bond acceptors (Lipinski definition) is 4. The normalized spacial score (nSPS) is 21.7. The minimum Gasteiger partial charge on any atom is -0.485 e. The van der Waals surface area contributed by atoms with Crippen LogP contribution in [-0.4, -0.2) is 36.7 Å². The zero-order chi connectivity index (χ0) is 19.7. The van der Waals surface area contributed by atoms with Crippen LogP contribution in [0.15, 0.2) is 42.5 Å². The quantitative estimate of drug-likeness (QED) is 0.846. The molecule has 0 saturated carbocycles. The largest absolute Gasteiger partial charge is 0.485 e. The highest BCUT2D eigenvalue weighted by molar-refractivity contribution is 5.48. The molecule has 2 aliphatic rings. The fourth-order valence-electron chi connectivity index (χ4n) is 4.26. The first-order valence-corrected chi connectivity index (χ1v) is 10.4. The van der Waals surface area contributed by atoms with Gasteiger partial charge in [-0.15, -0.1) is 0 Å². The van der Waals surface area contributed by atoms with Crippen molar-refractivity contribution in [2.45, 2.75) is 51.8 Å². The maximum absolute atomic E-state index is 6.13. The molecular weight excluding hydrogens is 348 g/mol. The first-order valence-electron chi connectivity index (χ1n) is 10.4. The second-order valence-electron chi connectivity index (χ2n) is 8.92. The standard InChI is InChI=1S/C24H32N2O2/c1-17(2)19-9-5-6-10-20(19)21-15-26(13-12-25-21)14-18-8-7-11-22-23(18)27-16-24(3,4)28-22/h5-11,17,21,25H,12-16H2,1-4H3. The molecule has 1 fully saturated rings. The Morgan fingerprint density at radius 1 is 1.14 bits per heavy atom. The van der Waals surface area contributed by atoms with Crippen molar-refractivity contribution in [3.05, 3.63) is 59.2 Å². The van der Waals surface area contributed by atoms with Crippen molar-refractivity contribution in [1.82, 2.24) is 10.2 Å². The molecule has 1 N–H and O–H groups in total. The number of nitrogens with one attached hydrogen (secondary N) is 1. The van der Waals surface area contributed by atoms with Crippen molar-refractivity contribution >= 4 is 0 Å². The third-order valence-electron chi connectivity index (χ3n) is 5.66. The Morgan fingerprint density at radius 2 is 1.96 bits per heavy atom. The van der Waals surface area contributed by atoms with E-state index < -0.39 is 0 Å². The predicted octanol–water partition coefficient (Wildman–Crippen LogP) is 4.51. The Hall–Kier alpha value is -2.04. The zero-order valence-electron chi connectivity index (χ0n) is 17.5. The van der Waals surface area contributed by atoms with Gasteiger partial charge in [-0.1, -0.05) is 50.2 Å². The Labute approximate surface area is 168 Å². The van der Waals surface area contributed by atoms with E-state index in [2.05, 4.69) is 74.3 Å². The molecule has 0 aliphatic carbocycles. The summed E-state index contributed by atoms with van der Waals surface area (Å²) < 4.78 is 12.2. The van der Waals surface area contributed by atoms with Gasteiger partial charge in [0, 0.05) is 37.8 Å².